The van der Waals surface area contributed by atoms with Crippen molar-refractivity contribution in [3.63, 3.8) is 0 Å². The van der Waals surface area contributed by atoms with Gasteiger partial charge in [-0.1, -0.05) is 48.6 Å². The molecule has 2 aromatic carbocycles. The van der Waals surface area contributed by atoms with Crippen molar-refractivity contribution in [2.75, 3.05) is 0 Å². The number of para-hydroxylation sites is 2. The Morgan fingerprint density at radius 2 is 1.86 bits per heavy atom. The summed E-state index contributed by atoms with van der Waals surface area (Å²) in [6.07, 6.45) is 10.8. The number of rotatable bonds is 9. The molecule has 1 aliphatic carbocycles. The minimum atomic E-state index is 0.312. The largest absolute Gasteiger partial charge is 0.341 e. The zero-order chi connectivity index (χ0) is 25.0. The smallest absolute Gasteiger partial charge is 0.121 e. The number of aliphatic imine (C=N–C) groups is 1. The molecule has 0 spiro atoms. The number of allylic oxidation sites excluding steroid dienone is 1. The average molecular weight is 492 g/mol. The minimum absolute atomic E-state index is 0.312. The van der Waals surface area contributed by atoms with E-state index in [2.05, 4.69) is 91.1 Å². The van der Waals surface area contributed by atoms with Gasteiger partial charge in [0.1, 0.15) is 5.82 Å². The first-order chi connectivity index (χ1) is 18.2. The highest BCUT2D eigenvalue weighted by atomic mass is 15.2. The van der Waals surface area contributed by atoms with Gasteiger partial charge in [-0.2, -0.15) is 5.10 Å². The zero-order valence-electron chi connectivity index (χ0n) is 21.2. The van der Waals surface area contributed by atoms with E-state index in [0.29, 0.717) is 12.1 Å². The molecule has 0 saturated carbocycles. The summed E-state index contributed by atoms with van der Waals surface area (Å²) in [4.78, 5) is 15.6. The number of aromatic nitrogens is 4. The van der Waals surface area contributed by atoms with Gasteiger partial charge in [0.15, 0.2) is 0 Å². The number of hydrogen-bond donors (Lipinski definition) is 3. The van der Waals surface area contributed by atoms with Gasteiger partial charge in [-0.3, -0.25) is 15.0 Å². The molecule has 2 aliphatic rings. The van der Waals surface area contributed by atoms with Crippen LogP contribution in [0.4, 0.5) is 0 Å². The molecule has 0 bridgehead atoms. The molecule has 2 unspecified atom stereocenters. The molecular weight excluding hydrogens is 458 g/mol. The van der Waals surface area contributed by atoms with Gasteiger partial charge in [0.25, 0.3) is 0 Å². The molecule has 3 N–H and O–H groups in total. The summed E-state index contributed by atoms with van der Waals surface area (Å²) in [5, 5.41) is 10.8. The third-order valence-electron chi connectivity index (χ3n) is 7.21. The van der Waals surface area contributed by atoms with E-state index in [0.717, 1.165) is 67.3 Å². The van der Waals surface area contributed by atoms with E-state index in [1.165, 1.54) is 16.7 Å². The molecule has 0 saturated heterocycles. The number of H-pyrrole nitrogens is 2. The van der Waals surface area contributed by atoms with Gasteiger partial charge in [0.05, 0.1) is 29.3 Å². The van der Waals surface area contributed by atoms with E-state index < -0.39 is 0 Å². The first kappa shape index (κ1) is 23.6. The minimum Gasteiger partial charge on any atom is -0.341 e. The van der Waals surface area contributed by atoms with E-state index in [1.54, 1.807) is 0 Å². The number of nitrogens with one attached hydrogen (secondary N) is 3. The Morgan fingerprint density at radius 1 is 1.00 bits per heavy atom. The second kappa shape index (κ2) is 10.7. The Morgan fingerprint density at radius 3 is 2.70 bits per heavy atom. The third kappa shape index (κ3) is 5.63. The molecule has 2 aromatic heterocycles. The molecule has 0 fully saturated rings. The van der Waals surface area contributed by atoms with Crippen LogP contribution < -0.4 is 5.32 Å². The molecule has 188 valence electrons. The van der Waals surface area contributed by atoms with Crippen molar-refractivity contribution in [2.24, 2.45) is 4.99 Å². The molecule has 0 radical (unpaired) electrons. The molecule has 37 heavy (non-hydrogen) atoms. The fourth-order valence-corrected chi connectivity index (χ4v) is 5.30. The van der Waals surface area contributed by atoms with Crippen molar-refractivity contribution in [1.29, 1.82) is 0 Å². The van der Waals surface area contributed by atoms with Gasteiger partial charge in [-0.05, 0) is 60.7 Å². The van der Waals surface area contributed by atoms with Crippen LogP contribution in [-0.4, -0.2) is 43.4 Å². The maximum absolute atomic E-state index is 4.87. The third-order valence-corrected chi connectivity index (χ3v) is 7.21. The van der Waals surface area contributed by atoms with E-state index in [-0.39, 0.29) is 0 Å². The van der Waals surface area contributed by atoms with Crippen LogP contribution in [0.5, 0.6) is 0 Å². The monoisotopic (exact) mass is 491 g/mol. The van der Waals surface area contributed by atoms with Crippen molar-refractivity contribution in [1.82, 2.24) is 30.4 Å². The Bertz CT molecular complexity index is 1410. The lowest BCUT2D eigenvalue weighted by Crippen LogP contribution is -2.37. The lowest BCUT2D eigenvalue weighted by atomic mass is 9.89. The van der Waals surface area contributed by atoms with Crippen LogP contribution in [-0.2, 0) is 26.2 Å². The van der Waals surface area contributed by atoms with Crippen LogP contribution in [0, 0.1) is 6.92 Å². The van der Waals surface area contributed by atoms with Crippen molar-refractivity contribution in [3.05, 3.63) is 107 Å². The predicted molar refractivity (Wildman–Crippen MR) is 148 cm³/mol. The average Bonchev–Trinajstić information content (AvgIpc) is 3.54. The molecule has 4 aromatic rings. The maximum Gasteiger partial charge on any atom is 0.121 e. The molecule has 1 aliphatic heterocycles. The van der Waals surface area contributed by atoms with Crippen molar-refractivity contribution in [3.8, 4) is 0 Å². The topological polar surface area (TPSA) is 85.0 Å². The van der Waals surface area contributed by atoms with Crippen molar-refractivity contribution < 1.29 is 0 Å². The summed E-state index contributed by atoms with van der Waals surface area (Å²) < 4.78 is 0. The van der Waals surface area contributed by atoms with Crippen LogP contribution in [0.3, 0.4) is 0 Å². The Labute approximate surface area is 217 Å². The summed E-state index contributed by atoms with van der Waals surface area (Å²) in [7, 11) is 0. The van der Waals surface area contributed by atoms with Gasteiger partial charge in [-0.15, -0.1) is 0 Å². The molecular formula is C30H33N7. The summed E-state index contributed by atoms with van der Waals surface area (Å²) in [6.45, 7) is 5.23. The number of dihydropyridines is 1. The van der Waals surface area contributed by atoms with Gasteiger partial charge < -0.3 is 10.3 Å². The van der Waals surface area contributed by atoms with Gasteiger partial charge >= 0.3 is 0 Å². The Kier molecular flexibility index (Phi) is 6.80. The number of hydrogen-bond acceptors (Lipinski definition) is 5. The highest BCUT2D eigenvalue weighted by Gasteiger charge is 2.26. The number of benzene rings is 2. The molecule has 3 heterocycles. The summed E-state index contributed by atoms with van der Waals surface area (Å²) >= 11 is 0. The van der Waals surface area contributed by atoms with E-state index in [4.69, 9.17) is 4.98 Å². The van der Waals surface area contributed by atoms with E-state index in [1.807, 2.05) is 25.3 Å². The normalized spacial score (nSPS) is 18.9. The summed E-state index contributed by atoms with van der Waals surface area (Å²) in [5.41, 5.74) is 8.15. The molecule has 0 amide bonds. The second-order valence-corrected chi connectivity index (χ2v) is 10.1. The van der Waals surface area contributed by atoms with Crippen LogP contribution in [0.15, 0.2) is 83.4 Å². The zero-order valence-corrected chi connectivity index (χ0v) is 21.2. The van der Waals surface area contributed by atoms with Crippen LogP contribution in [0.1, 0.15) is 41.2 Å². The van der Waals surface area contributed by atoms with Crippen molar-refractivity contribution >= 4 is 17.2 Å². The summed E-state index contributed by atoms with van der Waals surface area (Å²) in [5.74, 6) is 1.01. The molecule has 2 atom stereocenters. The first-order valence-corrected chi connectivity index (χ1v) is 13.1. The fraction of sp³-hybridized carbons (Fsp3) is 0.300. The number of fused-ring (bicyclic) bond motifs is 2. The van der Waals surface area contributed by atoms with Crippen LogP contribution >= 0.6 is 0 Å². The molecule has 6 rings (SSSR count). The highest BCUT2D eigenvalue weighted by Crippen LogP contribution is 2.29. The molecule has 7 heteroatoms. The SMILES string of the molecule is Cc1cc(CNCc2ccc(CN(Cc3nc4ccccc4[nH]3)C3C=C4C=CC=NC4CC3)cc2)n[nH]1. The van der Waals surface area contributed by atoms with Gasteiger partial charge in [-0.25, -0.2) is 4.98 Å². The van der Waals surface area contributed by atoms with E-state index in [9.17, 15) is 0 Å². The molecule has 7 nitrogen and oxygen atoms in total. The van der Waals surface area contributed by atoms with Gasteiger partial charge in [0, 0.05) is 37.6 Å². The lowest BCUT2D eigenvalue weighted by molar-refractivity contribution is 0.188. The second-order valence-electron chi connectivity index (χ2n) is 10.1. The van der Waals surface area contributed by atoms with Crippen LogP contribution in [0.25, 0.3) is 11.0 Å². The Hall–Kier alpha value is -3.81. The van der Waals surface area contributed by atoms with Crippen molar-refractivity contribution in [2.45, 2.75) is 58.0 Å². The number of imidazole rings is 1. The number of nitrogens with zero attached hydrogens (tertiary/aromatic N) is 4. The van der Waals surface area contributed by atoms with Gasteiger partial charge in [0.2, 0.25) is 0 Å². The first-order valence-electron chi connectivity index (χ1n) is 13.1. The standard InChI is InChI=1S/C30H33N7/c1-21-15-25(36-35-21)18-31-17-22-8-10-23(11-9-22)19-37(20-30-33-28-6-2-3-7-29(28)34-30)26-12-13-27-24(16-26)5-4-14-32-27/h2-11,14-16,26-27,31H,12-13,17-20H2,1H3,(H,33,34)(H,35,36). The number of aromatic amines is 2. The highest BCUT2D eigenvalue weighted by molar-refractivity contribution is 5.75. The predicted octanol–water partition coefficient (Wildman–Crippen LogP) is 4.98. The fourth-order valence-electron chi connectivity index (χ4n) is 5.30. The number of aryl methyl sites for hydroxylation is 1. The van der Waals surface area contributed by atoms with Crippen LogP contribution in [0.2, 0.25) is 0 Å². The van der Waals surface area contributed by atoms with E-state index >= 15 is 0 Å². The maximum atomic E-state index is 4.87. The Balaban J connectivity index is 1.16. The summed E-state index contributed by atoms with van der Waals surface area (Å²) in [6, 6.07) is 19.9. The lowest BCUT2D eigenvalue weighted by Gasteiger charge is -2.34. The quantitative estimate of drug-likeness (QED) is 0.308.